The van der Waals surface area contributed by atoms with Gasteiger partial charge in [-0.05, 0) is 17.9 Å². The van der Waals surface area contributed by atoms with Gasteiger partial charge in [0, 0.05) is 18.0 Å². The van der Waals surface area contributed by atoms with Crippen LogP contribution in [0.3, 0.4) is 0 Å². The van der Waals surface area contributed by atoms with E-state index in [1.165, 1.54) is 23.9 Å². The lowest BCUT2D eigenvalue weighted by molar-refractivity contribution is -0.115. The Bertz CT molecular complexity index is 735. The lowest BCUT2D eigenvalue weighted by atomic mass is 10.2. The number of nitrogens with one attached hydrogen (secondary N) is 1. The number of thioether (sulfide) groups is 1. The minimum atomic E-state index is -0.240. The number of aromatic hydroxyl groups is 1. The molecule has 0 aliphatic carbocycles. The van der Waals surface area contributed by atoms with Gasteiger partial charge in [-0.25, -0.2) is 0 Å². The number of hydrogen-bond donors (Lipinski definition) is 2. The van der Waals surface area contributed by atoms with E-state index in [1.54, 1.807) is 6.92 Å². The Kier molecular flexibility index (Phi) is 6.31. The smallest absolute Gasteiger partial charge is 0.250 e. The van der Waals surface area contributed by atoms with E-state index in [9.17, 15) is 9.90 Å². The van der Waals surface area contributed by atoms with Gasteiger partial charge in [-0.2, -0.15) is 9.36 Å². The molecule has 23 heavy (non-hydrogen) atoms. The Morgan fingerprint density at radius 1 is 1.43 bits per heavy atom. The molecule has 0 saturated carbocycles. The fourth-order valence-corrected chi connectivity index (χ4v) is 2.92. The third-order valence-electron chi connectivity index (χ3n) is 2.56. The number of azo groups is 1. The van der Waals surface area contributed by atoms with Crippen molar-refractivity contribution in [3.63, 3.8) is 0 Å². The van der Waals surface area contributed by atoms with Crippen LogP contribution >= 0.6 is 34.9 Å². The molecule has 1 aromatic heterocycles. The summed E-state index contributed by atoms with van der Waals surface area (Å²) in [6.07, 6.45) is 0.283. The molecule has 2 rings (SSSR count). The number of aromatic nitrogens is 2. The highest BCUT2D eigenvalue weighted by Crippen LogP contribution is 2.37. The molecule has 2 aromatic rings. The Morgan fingerprint density at radius 3 is 2.91 bits per heavy atom. The highest BCUT2D eigenvalue weighted by atomic mass is 35.5. The zero-order valence-corrected chi connectivity index (χ0v) is 14.8. The van der Waals surface area contributed by atoms with Gasteiger partial charge in [-0.1, -0.05) is 37.2 Å². The van der Waals surface area contributed by atoms with Gasteiger partial charge in [0.05, 0.1) is 16.4 Å². The standard InChI is InChI=1S/C13H14ClN5O2S2/c1-3-10(20)15-9-6-7(5-8(14)11(9)21)17-18-12-16-13(19-23-12)22-4-2/h5-6,21H,3-4H2,1-2H3,(H,15,20)/b18-17+. The summed E-state index contributed by atoms with van der Waals surface area (Å²) >= 11 is 8.60. The lowest BCUT2D eigenvalue weighted by Gasteiger charge is -2.08. The SMILES string of the molecule is CCSc1nsc(/N=N/c2cc(Cl)c(O)c(NC(=O)CC)c2)n1. The van der Waals surface area contributed by atoms with E-state index in [1.807, 2.05) is 6.92 Å². The Labute approximate surface area is 146 Å². The van der Waals surface area contributed by atoms with Crippen molar-refractivity contribution in [1.29, 1.82) is 0 Å². The number of halogens is 1. The summed E-state index contributed by atoms with van der Waals surface area (Å²) in [7, 11) is 0. The van der Waals surface area contributed by atoms with Crippen LogP contribution in [0.5, 0.6) is 5.75 Å². The Morgan fingerprint density at radius 2 is 2.22 bits per heavy atom. The second-order valence-electron chi connectivity index (χ2n) is 4.22. The maximum absolute atomic E-state index is 11.5. The molecule has 0 atom stereocenters. The Hall–Kier alpha value is -1.71. The first-order valence-corrected chi connectivity index (χ1v) is 8.87. The van der Waals surface area contributed by atoms with Gasteiger partial charge in [-0.15, -0.1) is 10.2 Å². The second-order valence-corrected chi connectivity index (χ2v) is 6.59. The summed E-state index contributed by atoms with van der Waals surface area (Å²) < 4.78 is 4.13. The van der Waals surface area contributed by atoms with E-state index in [4.69, 9.17) is 11.6 Å². The largest absolute Gasteiger partial charge is 0.504 e. The van der Waals surface area contributed by atoms with E-state index < -0.39 is 0 Å². The van der Waals surface area contributed by atoms with Crippen molar-refractivity contribution in [1.82, 2.24) is 9.36 Å². The normalized spacial score (nSPS) is 11.1. The number of carbonyl (C=O) groups is 1. The van der Waals surface area contributed by atoms with Crippen molar-refractivity contribution in [2.75, 3.05) is 11.1 Å². The molecule has 2 N–H and O–H groups in total. The molecule has 1 amide bonds. The molecular formula is C13H14ClN5O2S2. The van der Waals surface area contributed by atoms with Gasteiger partial charge < -0.3 is 10.4 Å². The van der Waals surface area contributed by atoms with Gasteiger partial charge in [0.1, 0.15) is 0 Å². The van der Waals surface area contributed by atoms with Crippen LogP contribution in [0.4, 0.5) is 16.5 Å². The molecule has 0 aliphatic rings. The van der Waals surface area contributed by atoms with Crippen molar-refractivity contribution in [2.24, 2.45) is 10.2 Å². The van der Waals surface area contributed by atoms with Gasteiger partial charge in [0.2, 0.25) is 16.2 Å². The molecule has 10 heteroatoms. The number of anilines is 1. The van der Waals surface area contributed by atoms with Gasteiger partial charge in [0.15, 0.2) is 5.75 Å². The number of nitrogens with zero attached hydrogens (tertiary/aromatic N) is 4. The molecule has 0 radical (unpaired) electrons. The molecule has 1 heterocycles. The number of hydrogen-bond acceptors (Lipinski definition) is 8. The minimum Gasteiger partial charge on any atom is -0.504 e. The first-order valence-electron chi connectivity index (χ1n) is 6.74. The summed E-state index contributed by atoms with van der Waals surface area (Å²) in [6.45, 7) is 3.72. The molecule has 0 saturated heterocycles. The summed E-state index contributed by atoms with van der Waals surface area (Å²) in [6, 6.07) is 2.94. The zero-order valence-electron chi connectivity index (χ0n) is 12.4. The van der Waals surface area contributed by atoms with Crippen molar-refractivity contribution in [3.8, 4) is 5.75 Å². The topological polar surface area (TPSA) is 99.8 Å². The predicted molar refractivity (Wildman–Crippen MR) is 92.5 cm³/mol. The predicted octanol–water partition coefficient (Wildman–Crippen LogP) is 4.77. The second kappa shape index (κ2) is 8.23. The molecule has 0 bridgehead atoms. The van der Waals surface area contributed by atoms with Crippen molar-refractivity contribution in [2.45, 2.75) is 25.4 Å². The van der Waals surface area contributed by atoms with Crippen LogP contribution in [-0.4, -0.2) is 26.1 Å². The summed E-state index contributed by atoms with van der Waals surface area (Å²) in [5, 5.41) is 21.6. The number of rotatable bonds is 6. The van der Waals surface area contributed by atoms with E-state index in [-0.39, 0.29) is 28.8 Å². The third-order valence-corrected chi connectivity index (χ3v) is 4.30. The van der Waals surface area contributed by atoms with Gasteiger partial charge in [0.25, 0.3) is 0 Å². The van der Waals surface area contributed by atoms with Crippen LogP contribution in [0.2, 0.25) is 5.02 Å². The van der Waals surface area contributed by atoms with Gasteiger partial charge in [-0.3, -0.25) is 4.79 Å². The van der Waals surface area contributed by atoms with E-state index in [0.717, 1.165) is 17.3 Å². The highest BCUT2D eigenvalue weighted by molar-refractivity contribution is 7.99. The lowest BCUT2D eigenvalue weighted by Crippen LogP contribution is -2.09. The van der Waals surface area contributed by atoms with Gasteiger partial charge >= 0.3 is 0 Å². The average Bonchev–Trinajstić information content (AvgIpc) is 2.97. The zero-order chi connectivity index (χ0) is 16.8. The molecule has 1 aromatic carbocycles. The van der Waals surface area contributed by atoms with Crippen LogP contribution in [-0.2, 0) is 4.79 Å². The first kappa shape index (κ1) is 17.6. The fourth-order valence-electron chi connectivity index (χ4n) is 1.51. The number of phenolic OH excluding ortho intramolecular Hbond substituents is 1. The number of benzene rings is 1. The summed E-state index contributed by atoms with van der Waals surface area (Å²) in [5.41, 5.74) is 0.580. The van der Waals surface area contributed by atoms with Crippen molar-refractivity contribution in [3.05, 3.63) is 17.2 Å². The maximum atomic E-state index is 11.5. The monoisotopic (exact) mass is 371 g/mol. The summed E-state index contributed by atoms with van der Waals surface area (Å²) in [4.78, 5) is 15.7. The molecule has 0 spiro atoms. The first-order chi connectivity index (χ1) is 11.0. The van der Waals surface area contributed by atoms with Crippen LogP contribution in [0, 0.1) is 0 Å². The number of carbonyl (C=O) groups excluding carboxylic acids is 1. The molecule has 0 fully saturated rings. The van der Waals surface area contributed by atoms with Crippen molar-refractivity contribution >= 4 is 57.3 Å². The maximum Gasteiger partial charge on any atom is 0.250 e. The average molecular weight is 372 g/mol. The molecule has 0 aliphatic heterocycles. The minimum absolute atomic E-state index is 0.0762. The number of phenols is 1. The third kappa shape index (κ3) is 4.88. The number of amides is 1. The summed E-state index contributed by atoms with van der Waals surface area (Å²) in [5.74, 6) is 0.433. The van der Waals surface area contributed by atoms with Crippen LogP contribution in [0.15, 0.2) is 27.5 Å². The molecule has 0 unspecified atom stereocenters. The molecular weight excluding hydrogens is 358 g/mol. The van der Waals surface area contributed by atoms with Crippen LogP contribution < -0.4 is 5.32 Å². The van der Waals surface area contributed by atoms with E-state index in [0.29, 0.717) is 16.0 Å². The molecule has 122 valence electrons. The Balaban J connectivity index is 2.21. The fraction of sp³-hybridized carbons (Fsp3) is 0.308. The van der Waals surface area contributed by atoms with E-state index in [2.05, 4.69) is 24.9 Å². The van der Waals surface area contributed by atoms with E-state index >= 15 is 0 Å². The van der Waals surface area contributed by atoms with Crippen molar-refractivity contribution < 1.29 is 9.90 Å². The van der Waals surface area contributed by atoms with Crippen LogP contribution in [0.1, 0.15) is 20.3 Å². The highest BCUT2D eigenvalue weighted by Gasteiger charge is 2.11. The quantitative estimate of drug-likeness (QED) is 0.432. The van der Waals surface area contributed by atoms with Crippen LogP contribution in [0.25, 0.3) is 0 Å². The molecule has 7 nitrogen and oxygen atoms in total.